The molecule has 0 spiro atoms. The molecule has 2 amide bonds. The molecule has 3 heterocycles. The maximum Gasteiger partial charge on any atom is 0.416 e. The van der Waals surface area contributed by atoms with Gasteiger partial charge < -0.3 is 5.32 Å². The van der Waals surface area contributed by atoms with Crippen molar-refractivity contribution in [2.45, 2.75) is 18.8 Å². The fraction of sp³-hybridized carbons (Fsp3) is 0.227. The molecule has 170 valence electrons. The Morgan fingerprint density at radius 1 is 1.18 bits per heavy atom. The van der Waals surface area contributed by atoms with Crippen LogP contribution >= 0.6 is 23.4 Å². The lowest BCUT2D eigenvalue weighted by molar-refractivity contribution is -0.138. The zero-order valence-electron chi connectivity index (χ0n) is 16.9. The lowest BCUT2D eigenvalue weighted by Crippen LogP contribution is -2.58. The molecule has 2 aliphatic heterocycles. The molecule has 1 aromatic heterocycles. The number of fused-ring (bicyclic) bond motifs is 1. The molecule has 0 saturated carbocycles. The lowest BCUT2D eigenvalue weighted by Gasteiger charge is -2.33. The molecule has 2 saturated heterocycles. The molecule has 11 heteroatoms. The van der Waals surface area contributed by atoms with Gasteiger partial charge in [-0.05, 0) is 53.2 Å². The minimum absolute atomic E-state index is 0.0130. The van der Waals surface area contributed by atoms with Gasteiger partial charge in [-0.15, -0.1) is 0 Å². The lowest BCUT2D eigenvalue weighted by atomic mass is 10.1. The molecule has 0 unspecified atom stereocenters. The van der Waals surface area contributed by atoms with E-state index in [9.17, 15) is 22.8 Å². The van der Waals surface area contributed by atoms with Gasteiger partial charge in [0.1, 0.15) is 0 Å². The van der Waals surface area contributed by atoms with Crippen molar-refractivity contribution in [3.05, 3.63) is 69.2 Å². The zero-order chi connectivity index (χ0) is 23.3. The van der Waals surface area contributed by atoms with Crippen molar-refractivity contribution >= 4 is 51.5 Å². The molecule has 5 rings (SSSR count). The van der Waals surface area contributed by atoms with Crippen molar-refractivity contribution in [1.82, 2.24) is 20.0 Å². The number of nitrogens with one attached hydrogen (secondary N) is 1. The Morgan fingerprint density at radius 3 is 2.67 bits per heavy atom. The molecule has 0 radical (unpaired) electrons. The Kier molecular flexibility index (Phi) is 5.46. The number of amides is 2. The molecule has 2 aliphatic rings. The highest BCUT2D eigenvalue weighted by molar-refractivity contribution is 8.18. The Bertz CT molecular complexity index is 1320. The molecule has 0 atom stereocenters. The van der Waals surface area contributed by atoms with Crippen LogP contribution in [-0.2, 0) is 17.5 Å². The smallest absolute Gasteiger partial charge is 0.313 e. The molecule has 0 bridgehead atoms. The molecular formula is C22H16ClF3N4O2S. The summed E-state index contributed by atoms with van der Waals surface area (Å²) < 4.78 is 41.8. The quantitative estimate of drug-likeness (QED) is 0.532. The Balaban J connectivity index is 1.42. The van der Waals surface area contributed by atoms with Crippen molar-refractivity contribution in [2.75, 3.05) is 13.1 Å². The number of carbonyl (C=O) groups excluding carboxylic acids is 2. The van der Waals surface area contributed by atoms with Crippen molar-refractivity contribution < 1.29 is 22.8 Å². The summed E-state index contributed by atoms with van der Waals surface area (Å²) in [7, 11) is 0. The van der Waals surface area contributed by atoms with Crippen molar-refractivity contribution in [3.8, 4) is 0 Å². The second-order valence-electron chi connectivity index (χ2n) is 7.78. The minimum Gasteiger partial charge on any atom is -0.313 e. The van der Waals surface area contributed by atoms with E-state index in [2.05, 4.69) is 10.4 Å². The molecule has 6 nitrogen and oxygen atoms in total. The first-order chi connectivity index (χ1) is 15.7. The van der Waals surface area contributed by atoms with E-state index >= 15 is 0 Å². The monoisotopic (exact) mass is 492 g/mol. The van der Waals surface area contributed by atoms with E-state index in [1.807, 2.05) is 0 Å². The molecule has 2 fully saturated rings. The van der Waals surface area contributed by atoms with Crippen molar-refractivity contribution in [2.24, 2.45) is 0 Å². The largest absolute Gasteiger partial charge is 0.416 e. The van der Waals surface area contributed by atoms with Gasteiger partial charge in [-0.3, -0.25) is 19.2 Å². The summed E-state index contributed by atoms with van der Waals surface area (Å²) in [6.45, 7) is 1.11. The van der Waals surface area contributed by atoms with E-state index in [1.54, 1.807) is 30.5 Å². The highest BCUT2D eigenvalue weighted by Gasteiger charge is 2.41. The van der Waals surface area contributed by atoms with Gasteiger partial charge in [0.15, 0.2) is 0 Å². The summed E-state index contributed by atoms with van der Waals surface area (Å²) in [5.41, 5.74) is 0.596. The SMILES string of the molecule is O=C1SC(=Cc2ccc3c(cnn3Cc3ccc(Cl)cc3C(F)(F)F)c2)C(=O)N1C1CNC1. The third kappa shape index (κ3) is 4.14. The van der Waals surface area contributed by atoms with E-state index in [-0.39, 0.29) is 34.3 Å². The first-order valence-corrected chi connectivity index (χ1v) is 11.2. The number of hydrogen-bond acceptors (Lipinski definition) is 5. The molecule has 33 heavy (non-hydrogen) atoms. The van der Waals surface area contributed by atoms with Gasteiger partial charge in [-0.1, -0.05) is 23.7 Å². The Morgan fingerprint density at radius 2 is 1.97 bits per heavy atom. The molecule has 0 aliphatic carbocycles. The Labute approximate surface area is 195 Å². The van der Waals surface area contributed by atoms with Crippen LogP contribution in [0.1, 0.15) is 16.7 Å². The van der Waals surface area contributed by atoms with Gasteiger partial charge in [0.05, 0.1) is 34.8 Å². The van der Waals surface area contributed by atoms with Crippen LogP contribution in [0.5, 0.6) is 0 Å². The minimum atomic E-state index is -4.53. The highest BCUT2D eigenvalue weighted by atomic mass is 35.5. The number of benzene rings is 2. The van der Waals surface area contributed by atoms with Gasteiger partial charge in [0.2, 0.25) is 0 Å². The van der Waals surface area contributed by atoms with E-state index in [0.29, 0.717) is 34.5 Å². The summed E-state index contributed by atoms with van der Waals surface area (Å²) in [6, 6.07) is 8.82. The van der Waals surface area contributed by atoms with E-state index < -0.39 is 11.7 Å². The maximum absolute atomic E-state index is 13.4. The van der Waals surface area contributed by atoms with Crippen molar-refractivity contribution in [1.29, 1.82) is 0 Å². The number of halogens is 4. The molecule has 2 aromatic carbocycles. The third-order valence-electron chi connectivity index (χ3n) is 5.61. The van der Waals surface area contributed by atoms with Crippen LogP contribution in [0.3, 0.4) is 0 Å². The van der Waals surface area contributed by atoms with Crippen LogP contribution in [0.25, 0.3) is 17.0 Å². The number of rotatable bonds is 4. The third-order valence-corrected chi connectivity index (χ3v) is 6.73. The molecule has 3 aromatic rings. The number of nitrogens with zero attached hydrogens (tertiary/aromatic N) is 3. The summed E-state index contributed by atoms with van der Waals surface area (Å²) in [5.74, 6) is -0.310. The summed E-state index contributed by atoms with van der Waals surface area (Å²) in [5, 5.41) is 7.72. The van der Waals surface area contributed by atoms with E-state index in [4.69, 9.17) is 11.6 Å². The van der Waals surface area contributed by atoms with Gasteiger partial charge >= 0.3 is 6.18 Å². The summed E-state index contributed by atoms with van der Waals surface area (Å²) in [6.07, 6.45) is -1.33. The van der Waals surface area contributed by atoms with Crippen LogP contribution in [0.2, 0.25) is 5.02 Å². The standard InChI is InChI=1S/C22H16ClF3N4O2S/c23-15-3-2-13(17(7-15)22(24,25)26)11-29-18-4-1-12(5-14(18)8-28-29)6-19-20(31)30(21(32)33-19)16-9-27-10-16/h1-8,16,27H,9-11H2. The number of hydrogen-bond donors (Lipinski definition) is 1. The first kappa shape index (κ1) is 22.0. The van der Waals surface area contributed by atoms with Crippen LogP contribution in [-0.4, -0.2) is 45.0 Å². The maximum atomic E-state index is 13.4. The van der Waals surface area contributed by atoms with Crippen LogP contribution in [0.4, 0.5) is 18.0 Å². The molecule has 1 N–H and O–H groups in total. The number of imide groups is 1. The van der Waals surface area contributed by atoms with Crippen LogP contribution < -0.4 is 5.32 Å². The predicted octanol–water partition coefficient (Wildman–Crippen LogP) is 4.76. The number of carbonyl (C=O) groups is 2. The molecular weight excluding hydrogens is 477 g/mol. The fourth-order valence-electron chi connectivity index (χ4n) is 3.84. The summed E-state index contributed by atoms with van der Waals surface area (Å²) >= 11 is 6.67. The normalized spacial score (nSPS) is 18.5. The summed E-state index contributed by atoms with van der Waals surface area (Å²) in [4.78, 5) is 26.5. The second kappa shape index (κ2) is 8.19. The number of thioether (sulfide) groups is 1. The van der Waals surface area contributed by atoms with Crippen LogP contribution in [0.15, 0.2) is 47.5 Å². The zero-order valence-corrected chi connectivity index (χ0v) is 18.5. The van der Waals surface area contributed by atoms with Gasteiger partial charge in [-0.2, -0.15) is 18.3 Å². The number of aromatic nitrogens is 2. The van der Waals surface area contributed by atoms with Gasteiger partial charge in [0, 0.05) is 23.5 Å². The highest BCUT2D eigenvalue weighted by Crippen LogP contribution is 2.36. The average molecular weight is 493 g/mol. The van der Waals surface area contributed by atoms with Gasteiger partial charge in [-0.25, -0.2) is 0 Å². The number of alkyl halides is 3. The Hall–Kier alpha value is -2.82. The average Bonchev–Trinajstić information content (AvgIpc) is 3.23. The fourth-order valence-corrected chi connectivity index (χ4v) is 4.91. The van der Waals surface area contributed by atoms with Crippen molar-refractivity contribution in [3.63, 3.8) is 0 Å². The van der Waals surface area contributed by atoms with Gasteiger partial charge in [0.25, 0.3) is 11.1 Å². The predicted molar refractivity (Wildman–Crippen MR) is 120 cm³/mol. The second-order valence-corrected chi connectivity index (χ2v) is 9.21. The topological polar surface area (TPSA) is 67.2 Å². The van der Waals surface area contributed by atoms with E-state index in [0.717, 1.165) is 17.8 Å². The van der Waals surface area contributed by atoms with Crippen LogP contribution in [0, 0.1) is 0 Å². The van der Waals surface area contributed by atoms with E-state index in [1.165, 1.54) is 21.7 Å². The first-order valence-electron chi connectivity index (χ1n) is 10.00.